The maximum Gasteiger partial charge on any atom is 0.253 e. The molecule has 0 aliphatic carbocycles. The first-order valence-electron chi connectivity index (χ1n) is 6.90. The number of carbonyl (C=O) groups excluding carboxylic acids is 1. The third-order valence-electron chi connectivity index (χ3n) is 3.37. The van der Waals surface area contributed by atoms with Gasteiger partial charge in [0.15, 0.2) is 0 Å². The molecule has 3 heteroatoms. The second kappa shape index (κ2) is 6.55. The molecule has 0 atom stereocenters. The lowest BCUT2D eigenvalue weighted by atomic mass is 10.1. The number of nitrogens with zero attached hydrogens (tertiary/aromatic N) is 1. The topological polar surface area (TPSA) is 32.3 Å². The molecule has 1 N–H and O–H groups in total. The molecule has 1 aromatic carbocycles. The van der Waals surface area contributed by atoms with E-state index in [0.29, 0.717) is 0 Å². The van der Waals surface area contributed by atoms with Crippen molar-refractivity contribution in [3.63, 3.8) is 0 Å². The SMILES string of the molecule is CCCc1ccc(C(=O)N2CCCNCC2)cc1. The smallest absolute Gasteiger partial charge is 0.253 e. The summed E-state index contributed by atoms with van der Waals surface area (Å²) in [6.07, 6.45) is 3.27. The second-order valence-corrected chi connectivity index (χ2v) is 4.84. The fourth-order valence-electron chi connectivity index (χ4n) is 2.33. The monoisotopic (exact) mass is 246 g/mol. The first kappa shape index (κ1) is 13.1. The molecule has 3 nitrogen and oxygen atoms in total. The average molecular weight is 246 g/mol. The van der Waals surface area contributed by atoms with Gasteiger partial charge in [0, 0.05) is 25.2 Å². The van der Waals surface area contributed by atoms with Crippen LogP contribution in [0.3, 0.4) is 0 Å². The van der Waals surface area contributed by atoms with Crippen LogP contribution in [0.15, 0.2) is 24.3 Å². The zero-order valence-electron chi connectivity index (χ0n) is 11.1. The largest absolute Gasteiger partial charge is 0.337 e. The Morgan fingerprint density at radius 3 is 2.72 bits per heavy atom. The number of amides is 1. The van der Waals surface area contributed by atoms with Gasteiger partial charge in [-0.05, 0) is 37.1 Å². The van der Waals surface area contributed by atoms with E-state index in [0.717, 1.165) is 51.0 Å². The van der Waals surface area contributed by atoms with Crippen LogP contribution >= 0.6 is 0 Å². The summed E-state index contributed by atoms with van der Waals surface area (Å²) >= 11 is 0. The highest BCUT2D eigenvalue weighted by atomic mass is 16.2. The lowest BCUT2D eigenvalue weighted by molar-refractivity contribution is 0.0766. The summed E-state index contributed by atoms with van der Waals surface area (Å²) < 4.78 is 0. The minimum Gasteiger partial charge on any atom is -0.337 e. The lowest BCUT2D eigenvalue weighted by Gasteiger charge is -2.20. The molecular weight excluding hydrogens is 224 g/mol. The molecule has 0 radical (unpaired) electrons. The maximum atomic E-state index is 12.3. The van der Waals surface area contributed by atoms with Gasteiger partial charge in [-0.15, -0.1) is 0 Å². The van der Waals surface area contributed by atoms with Crippen molar-refractivity contribution in [2.24, 2.45) is 0 Å². The van der Waals surface area contributed by atoms with Crippen LogP contribution in [0.1, 0.15) is 35.7 Å². The van der Waals surface area contributed by atoms with Gasteiger partial charge in [-0.1, -0.05) is 25.5 Å². The highest BCUT2D eigenvalue weighted by Crippen LogP contribution is 2.10. The number of hydrogen-bond acceptors (Lipinski definition) is 2. The van der Waals surface area contributed by atoms with Crippen LogP contribution in [-0.4, -0.2) is 37.0 Å². The molecule has 0 unspecified atom stereocenters. The first-order valence-corrected chi connectivity index (χ1v) is 6.90. The molecule has 0 aromatic heterocycles. The third-order valence-corrected chi connectivity index (χ3v) is 3.37. The average Bonchev–Trinajstić information content (AvgIpc) is 2.68. The zero-order valence-corrected chi connectivity index (χ0v) is 11.1. The van der Waals surface area contributed by atoms with Gasteiger partial charge in [0.2, 0.25) is 0 Å². The minimum atomic E-state index is 0.168. The highest BCUT2D eigenvalue weighted by Gasteiger charge is 2.16. The van der Waals surface area contributed by atoms with Crippen molar-refractivity contribution in [2.75, 3.05) is 26.2 Å². The number of nitrogens with one attached hydrogen (secondary N) is 1. The quantitative estimate of drug-likeness (QED) is 0.885. The van der Waals surface area contributed by atoms with Crippen molar-refractivity contribution in [3.05, 3.63) is 35.4 Å². The van der Waals surface area contributed by atoms with Gasteiger partial charge >= 0.3 is 0 Å². The van der Waals surface area contributed by atoms with Gasteiger partial charge in [0.05, 0.1) is 0 Å². The van der Waals surface area contributed by atoms with Crippen molar-refractivity contribution < 1.29 is 4.79 Å². The standard InChI is InChI=1S/C15H22N2O/c1-2-4-13-5-7-14(8-6-13)15(18)17-11-3-9-16-10-12-17/h5-8,16H,2-4,9-12H2,1H3. The Balaban J connectivity index is 2.02. The van der Waals surface area contributed by atoms with Crippen molar-refractivity contribution >= 4 is 5.91 Å². The van der Waals surface area contributed by atoms with Gasteiger partial charge in [0.25, 0.3) is 5.91 Å². The van der Waals surface area contributed by atoms with E-state index in [1.54, 1.807) is 0 Å². The van der Waals surface area contributed by atoms with E-state index < -0.39 is 0 Å². The van der Waals surface area contributed by atoms with E-state index in [1.807, 2.05) is 17.0 Å². The molecule has 2 rings (SSSR count). The first-order chi connectivity index (χ1) is 8.81. The summed E-state index contributed by atoms with van der Waals surface area (Å²) in [5.41, 5.74) is 2.13. The lowest BCUT2D eigenvalue weighted by Crippen LogP contribution is -2.34. The number of carbonyl (C=O) groups is 1. The van der Waals surface area contributed by atoms with E-state index in [-0.39, 0.29) is 5.91 Å². The molecule has 0 saturated carbocycles. The molecule has 1 heterocycles. The molecule has 1 aromatic rings. The van der Waals surface area contributed by atoms with E-state index >= 15 is 0 Å². The van der Waals surface area contributed by atoms with E-state index in [4.69, 9.17) is 0 Å². The number of benzene rings is 1. The van der Waals surface area contributed by atoms with Crippen LogP contribution in [0.5, 0.6) is 0 Å². The highest BCUT2D eigenvalue weighted by molar-refractivity contribution is 5.94. The Bertz CT molecular complexity index is 378. The summed E-state index contributed by atoms with van der Waals surface area (Å²) in [5, 5.41) is 3.32. The number of aryl methyl sites for hydroxylation is 1. The van der Waals surface area contributed by atoms with E-state index in [9.17, 15) is 4.79 Å². The summed E-state index contributed by atoms with van der Waals surface area (Å²) in [4.78, 5) is 14.3. The summed E-state index contributed by atoms with van der Waals surface area (Å²) in [5.74, 6) is 0.168. The fourth-order valence-corrected chi connectivity index (χ4v) is 2.33. The summed E-state index contributed by atoms with van der Waals surface area (Å²) in [7, 11) is 0. The Hall–Kier alpha value is -1.35. The Morgan fingerprint density at radius 1 is 1.22 bits per heavy atom. The van der Waals surface area contributed by atoms with E-state index in [2.05, 4.69) is 24.4 Å². The Kier molecular flexibility index (Phi) is 4.76. The number of rotatable bonds is 3. The molecule has 98 valence electrons. The fraction of sp³-hybridized carbons (Fsp3) is 0.533. The van der Waals surface area contributed by atoms with Gasteiger partial charge in [-0.3, -0.25) is 4.79 Å². The number of hydrogen-bond donors (Lipinski definition) is 1. The molecule has 1 aliphatic rings. The molecule has 1 aliphatic heterocycles. The van der Waals surface area contributed by atoms with Gasteiger partial charge in [0.1, 0.15) is 0 Å². The maximum absolute atomic E-state index is 12.3. The van der Waals surface area contributed by atoms with Crippen LogP contribution in [0.25, 0.3) is 0 Å². The van der Waals surface area contributed by atoms with Crippen molar-refractivity contribution in [2.45, 2.75) is 26.2 Å². The van der Waals surface area contributed by atoms with Gasteiger partial charge in [-0.2, -0.15) is 0 Å². The van der Waals surface area contributed by atoms with Crippen LogP contribution in [0.2, 0.25) is 0 Å². The van der Waals surface area contributed by atoms with Crippen molar-refractivity contribution in [1.29, 1.82) is 0 Å². The van der Waals surface area contributed by atoms with Crippen LogP contribution in [-0.2, 0) is 6.42 Å². The van der Waals surface area contributed by atoms with Gasteiger partial charge in [-0.25, -0.2) is 0 Å². The molecule has 18 heavy (non-hydrogen) atoms. The van der Waals surface area contributed by atoms with Crippen molar-refractivity contribution in [3.8, 4) is 0 Å². The van der Waals surface area contributed by atoms with Crippen LogP contribution in [0, 0.1) is 0 Å². The normalized spacial score (nSPS) is 16.4. The second-order valence-electron chi connectivity index (χ2n) is 4.84. The third kappa shape index (κ3) is 3.33. The van der Waals surface area contributed by atoms with Crippen molar-refractivity contribution in [1.82, 2.24) is 10.2 Å². The van der Waals surface area contributed by atoms with E-state index in [1.165, 1.54) is 5.56 Å². The molecule has 1 amide bonds. The summed E-state index contributed by atoms with van der Waals surface area (Å²) in [6, 6.07) is 8.08. The predicted molar refractivity (Wildman–Crippen MR) is 73.8 cm³/mol. The molecule has 1 fully saturated rings. The summed E-state index contributed by atoms with van der Waals surface area (Å²) in [6.45, 7) is 5.76. The predicted octanol–water partition coefficient (Wildman–Crippen LogP) is 2.07. The van der Waals surface area contributed by atoms with Gasteiger partial charge < -0.3 is 10.2 Å². The molecular formula is C15H22N2O. The minimum absolute atomic E-state index is 0.168. The molecule has 1 saturated heterocycles. The Morgan fingerprint density at radius 2 is 2.00 bits per heavy atom. The van der Waals surface area contributed by atoms with Crippen LogP contribution in [0.4, 0.5) is 0 Å². The molecule has 0 bridgehead atoms. The Labute approximate surface area is 109 Å². The zero-order chi connectivity index (χ0) is 12.8. The van der Waals surface area contributed by atoms with Crippen LogP contribution < -0.4 is 5.32 Å². The molecule has 0 spiro atoms.